The zero-order valence-electron chi connectivity index (χ0n) is 14.3. The minimum atomic E-state index is -0.484. The Bertz CT molecular complexity index is 780. The number of aromatic nitrogens is 1. The summed E-state index contributed by atoms with van der Waals surface area (Å²) in [6.45, 7) is 3.40. The Morgan fingerprint density at radius 3 is 2.38 bits per heavy atom. The first-order valence-electron chi connectivity index (χ1n) is 7.23. The maximum Gasteiger partial charge on any atom is 0.339 e. The van der Waals surface area contributed by atoms with Crippen molar-refractivity contribution in [2.24, 2.45) is 0 Å². The third-order valence-electron chi connectivity index (χ3n) is 3.71. The highest BCUT2D eigenvalue weighted by atomic mass is 16.5. The third kappa shape index (κ3) is 3.19. The van der Waals surface area contributed by atoms with E-state index in [4.69, 9.17) is 14.2 Å². The summed E-state index contributed by atoms with van der Waals surface area (Å²) in [5.41, 5.74) is 2.26. The number of esters is 1. The lowest BCUT2D eigenvalue weighted by atomic mass is 10.1. The minimum absolute atomic E-state index is 0.297. The Kier molecular flexibility index (Phi) is 5.13. The summed E-state index contributed by atoms with van der Waals surface area (Å²) < 4.78 is 15.1. The number of ether oxygens (including phenoxy) is 3. The highest BCUT2D eigenvalue weighted by molar-refractivity contribution is 6.07. The summed E-state index contributed by atoms with van der Waals surface area (Å²) in [6.07, 6.45) is 0. The van der Waals surface area contributed by atoms with Crippen molar-refractivity contribution in [3.63, 3.8) is 0 Å². The molecule has 1 amide bonds. The van der Waals surface area contributed by atoms with Gasteiger partial charge in [0.05, 0.1) is 32.6 Å². The molecule has 0 bridgehead atoms. The van der Waals surface area contributed by atoms with Crippen LogP contribution in [0, 0.1) is 13.8 Å². The summed E-state index contributed by atoms with van der Waals surface area (Å²) in [6, 6.07) is 5.06. The number of aromatic amines is 1. The minimum Gasteiger partial charge on any atom is -0.497 e. The third-order valence-corrected chi connectivity index (χ3v) is 3.71. The lowest BCUT2D eigenvalue weighted by Crippen LogP contribution is -2.14. The Hall–Kier alpha value is -2.96. The van der Waals surface area contributed by atoms with Gasteiger partial charge in [-0.1, -0.05) is 0 Å². The summed E-state index contributed by atoms with van der Waals surface area (Å²) in [5.74, 6) is 0.220. The molecule has 1 aromatic carbocycles. The number of aryl methyl sites for hydroxylation is 1. The zero-order valence-corrected chi connectivity index (χ0v) is 14.3. The van der Waals surface area contributed by atoms with Crippen LogP contribution < -0.4 is 14.8 Å². The molecule has 0 spiro atoms. The van der Waals surface area contributed by atoms with E-state index in [1.54, 1.807) is 39.2 Å². The number of hydrogen-bond donors (Lipinski definition) is 2. The van der Waals surface area contributed by atoms with Gasteiger partial charge in [-0.25, -0.2) is 4.79 Å². The number of H-pyrrole nitrogens is 1. The molecule has 128 valence electrons. The van der Waals surface area contributed by atoms with Crippen LogP contribution in [0.2, 0.25) is 0 Å². The molecule has 24 heavy (non-hydrogen) atoms. The average Bonchev–Trinajstić information content (AvgIpc) is 2.89. The van der Waals surface area contributed by atoms with Crippen molar-refractivity contribution < 1.29 is 23.8 Å². The molecule has 0 aliphatic heterocycles. The normalized spacial score (nSPS) is 10.2. The van der Waals surface area contributed by atoms with E-state index in [0.717, 1.165) is 0 Å². The highest BCUT2D eigenvalue weighted by Crippen LogP contribution is 2.30. The van der Waals surface area contributed by atoms with Crippen LogP contribution in [-0.2, 0) is 4.74 Å². The summed E-state index contributed by atoms with van der Waals surface area (Å²) in [7, 11) is 4.35. The van der Waals surface area contributed by atoms with E-state index in [1.807, 2.05) is 0 Å². The van der Waals surface area contributed by atoms with Crippen molar-refractivity contribution in [1.82, 2.24) is 4.98 Å². The topological polar surface area (TPSA) is 89.7 Å². The first-order valence-corrected chi connectivity index (χ1v) is 7.23. The predicted octanol–water partition coefficient (Wildman–Crippen LogP) is 2.69. The first kappa shape index (κ1) is 17.4. The number of rotatable bonds is 5. The standard InChI is InChI=1S/C17H20N2O5/c1-9-14(17(21)24-5)10(2)18-15(9)16(20)19-12-7-6-11(22-3)8-13(12)23-4/h6-8,18H,1-5H3,(H,19,20). The van der Waals surface area contributed by atoms with Crippen molar-refractivity contribution in [3.05, 3.63) is 40.7 Å². The Morgan fingerprint density at radius 1 is 1.08 bits per heavy atom. The smallest absolute Gasteiger partial charge is 0.339 e. The van der Waals surface area contributed by atoms with Gasteiger partial charge in [0, 0.05) is 11.8 Å². The maximum absolute atomic E-state index is 12.6. The predicted molar refractivity (Wildman–Crippen MR) is 89.1 cm³/mol. The summed E-state index contributed by atoms with van der Waals surface area (Å²) >= 11 is 0. The lowest BCUT2D eigenvalue weighted by Gasteiger charge is -2.11. The van der Waals surface area contributed by atoms with E-state index < -0.39 is 5.97 Å². The van der Waals surface area contributed by atoms with Crippen molar-refractivity contribution in [2.75, 3.05) is 26.6 Å². The van der Waals surface area contributed by atoms with Crippen molar-refractivity contribution in [3.8, 4) is 11.5 Å². The first-order chi connectivity index (χ1) is 11.4. The number of carbonyl (C=O) groups excluding carboxylic acids is 2. The zero-order chi connectivity index (χ0) is 17.9. The molecule has 7 nitrogen and oxygen atoms in total. The van der Waals surface area contributed by atoms with Crippen LogP contribution in [0.1, 0.15) is 32.1 Å². The summed E-state index contributed by atoms with van der Waals surface area (Å²) in [4.78, 5) is 27.3. The fraction of sp³-hybridized carbons (Fsp3) is 0.294. The number of methoxy groups -OCH3 is 3. The van der Waals surface area contributed by atoms with Crippen LogP contribution in [0.15, 0.2) is 18.2 Å². The average molecular weight is 332 g/mol. The number of carbonyl (C=O) groups is 2. The van der Waals surface area contributed by atoms with Gasteiger partial charge in [0.1, 0.15) is 17.2 Å². The van der Waals surface area contributed by atoms with Gasteiger partial charge >= 0.3 is 5.97 Å². The van der Waals surface area contributed by atoms with Crippen LogP contribution in [0.4, 0.5) is 5.69 Å². The molecule has 2 N–H and O–H groups in total. The maximum atomic E-state index is 12.6. The number of benzene rings is 1. The van der Waals surface area contributed by atoms with Crippen molar-refractivity contribution in [2.45, 2.75) is 13.8 Å². The monoisotopic (exact) mass is 332 g/mol. The second-order valence-electron chi connectivity index (χ2n) is 5.14. The second kappa shape index (κ2) is 7.08. The van der Waals surface area contributed by atoms with Crippen LogP contribution in [0.5, 0.6) is 11.5 Å². The number of anilines is 1. The lowest BCUT2D eigenvalue weighted by molar-refractivity contribution is 0.0599. The molecule has 0 fully saturated rings. The van der Waals surface area contributed by atoms with E-state index in [1.165, 1.54) is 14.2 Å². The molecule has 0 atom stereocenters. The largest absolute Gasteiger partial charge is 0.497 e. The Morgan fingerprint density at radius 2 is 1.79 bits per heavy atom. The quantitative estimate of drug-likeness (QED) is 0.822. The van der Waals surface area contributed by atoms with Crippen LogP contribution in [0.3, 0.4) is 0 Å². The molecule has 1 aromatic heterocycles. The number of nitrogens with one attached hydrogen (secondary N) is 2. The molecule has 0 saturated carbocycles. The van der Waals surface area contributed by atoms with E-state index >= 15 is 0 Å². The molecular formula is C17H20N2O5. The highest BCUT2D eigenvalue weighted by Gasteiger charge is 2.23. The molecule has 0 radical (unpaired) electrons. The van der Waals surface area contributed by atoms with Crippen LogP contribution in [-0.4, -0.2) is 38.2 Å². The molecule has 0 unspecified atom stereocenters. The van der Waals surface area contributed by atoms with Gasteiger partial charge in [-0.05, 0) is 31.5 Å². The molecule has 0 aliphatic carbocycles. The van der Waals surface area contributed by atoms with Crippen molar-refractivity contribution in [1.29, 1.82) is 0 Å². The van der Waals surface area contributed by atoms with Gasteiger partial charge in [-0.2, -0.15) is 0 Å². The molecule has 2 rings (SSSR count). The van der Waals surface area contributed by atoms with E-state index in [9.17, 15) is 9.59 Å². The van der Waals surface area contributed by atoms with Crippen LogP contribution in [0.25, 0.3) is 0 Å². The molecule has 2 aromatic rings. The Labute approximate surface area is 139 Å². The van der Waals surface area contributed by atoms with Crippen molar-refractivity contribution >= 4 is 17.6 Å². The van der Waals surface area contributed by atoms with Gasteiger partial charge in [-0.3, -0.25) is 4.79 Å². The summed E-state index contributed by atoms with van der Waals surface area (Å²) in [5, 5.41) is 2.76. The van der Waals surface area contributed by atoms with Gasteiger partial charge in [0.25, 0.3) is 5.91 Å². The fourth-order valence-corrected chi connectivity index (χ4v) is 2.47. The molecule has 0 saturated heterocycles. The van der Waals surface area contributed by atoms with Gasteiger partial charge in [-0.15, -0.1) is 0 Å². The number of amides is 1. The van der Waals surface area contributed by atoms with Gasteiger partial charge in [0.2, 0.25) is 0 Å². The second-order valence-corrected chi connectivity index (χ2v) is 5.14. The van der Waals surface area contributed by atoms with E-state index in [-0.39, 0.29) is 5.91 Å². The molecule has 7 heteroatoms. The Balaban J connectivity index is 2.33. The SMILES string of the molecule is COC(=O)c1c(C)[nH]c(C(=O)Nc2ccc(OC)cc2OC)c1C. The van der Waals surface area contributed by atoms with Crippen LogP contribution >= 0.6 is 0 Å². The van der Waals surface area contributed by atoms with E-state index in [0.29, 0.717) is 39.7 Å². The van der Waals surface area contributed by atoms with Gasteiger partial charge in [0.15, 0.2) is 0 Å². The number of hydrogen-bond acceptors (Lipinski definition) is 5. The molecule has 0 aliphatic rings. The molecule has 1 heterocycles. The van der Waals surface area contributed by atoms with Gasteiger partial charge < -0.3 is 24.5 Å². The fourth-order valence-electron chi connectivity index (χ4n) is 2.47. The molecular weight excluding hydrogens is 312 g/mol. The van der Waals surface area contributed by atoms with E-state index in [2.05, 4.69) is 10.3 Å².